The SMILES string of the molecule is Cc1cc([C@@H](N)CC(C)C)ccc1Cl.Cl. The minimum Gasteiger partial charge on any atom is -0.324 e. The van der Waals surface area contributed by atoms with Gasteiger partial charge in [0.15, 0.2) is 0 Å². The van der Waals surface area contributed by atoms with Crippen LogP contribution >= 0.6 is 24.0 Å². The highest BCUT2D eigenvalue weighted by Gasteiger charge is 2.08. The molecule has 0 saturated carbocycles. The summed E-state index contributed by atoms with van der Waals surface area (Å²) in [6.45, 7) is 6.37. The van der Waals surface area contributed by atoms with E-state index < -0.39 is 0 Å². The zero-order chi connectivity index (χ0) is 10.7. The largest absolute Gasteiger partial charge is 0.324 e. The summed E-state index contributed by atoms with van der Waals surface area (Å²) in [6, 6.07) is 6.15. The number of rotatable bonds is 3. The molecule has 0 unspecified atom stereocenters. The summed E-state index contributed by atoms with van der Waals surface area (Å²) in [5.74, 6) is 0.626. The van der Waals surface area contributed by atoms with E-state index in [4.69, 9.17) is 17.3 Å². The highest BCUT2D eigenvalue weighted by Crippen LogP contribution is 2.23. The van der Waals surface area contributed by atoms with E-state index in [1.54, 1.807) is 0 Å². The smallest absolute Gasteiger partial charge is 0.0435 e. The molecule has 1 rings (SSSR count). The minimum absolute atomic E-state index is 0. The maximum absolute atomic E-state index is 6.07. The number of benzene rings is 1. The summed E-state index contributed by atoms with van der Waals surface area (Å²) in [5.41, 5.74) is 8.35. The van der Waals surface area contributed by atoms with Crippen molar-refractivity contribution in [1.82, 2.24) is 0 Å². The van der Waals surface area contributed by atoms with Crippen LogP contribution in [0.15, 0.2) is 18.2 Å². The minimum atomic E-state index is 0. The number of hydrogen-bond donors (Lipinski definition) is 1. The Hall–Kier alpha value is -0.240. The van der Waals surface area contributed by atoms with E-state index in [0.717, 1.165) is 17.0 Å². The number of hydrogen-bond acceptors (Lipinski definition) is 1. The van der Waals surface area contributed by atoms with E-state index in [-0.39, 0.29) is 18.4 Å². The fraction of sp³-hybridized carbons (Fsp3) is 0.500. The summed E-state index contributed by atoms with van der Waals surface area (Å²) in [5, 5.41) is 0.811. The molecule has 0 heterocycles. The summed E-state index contributed by atoms with van der Waals surface area (Å²) >= 11 is 5.95. The van der Waals surface area contributed by atoms with E-state index in [9.17, 15) is 0 Å². The molecule has 2 N–H and O–H groups in total. The zero-order valence-corrected chi connectivity index (χ0v) is 11.0. The molecule has 0 fully saturated rings. The molecule has 1 aromatic carbocycles. The number of halogens is 2. The average molecular weight is 248 g/mol. The maximum atomic E-state index is 6.07. The average Bonchev–Trinajstić information content (AvgIpc) is 2.08. The van der Waals surface area contributed by atoms with Gasteiger partial charge in [-0.3, -0.25) is 0 Å². The topological polar surface area (TPSA) is 26.0 Å². The van der Waals surface area contributed by atoms with Crippen molar-refractivity contribution in [1.29, 1.82) is 0 Å². The predicted octanol–water partition coefficient (Wildman–Crippen LogP) is 4.12. The van der Waals surface area contributed by atoms with Crippen molar-refractivity contribution >= 4 is 24.0 Å². The lowest BCUT2D eigenvalue weighted by Gasteiger charge is -2.15. The lowest BCUT2D eigenvalue weighted by molar-refractivity contribution is 0.510. The molecular weight excluding hydrogens is 229 g/mol. The van der Waals surface area contributed by atoms with Crippen LogP contribution in [0.25, 0.3) is 0 Å². The van der Waals surface area contributed by atoms with Crippen LogP contribution < -0.4 is 5.73 Å². The van der Waals surface area contributed by atoms with Gasteiger partial charge in [0.25, 0.3) is 0 Å². The second kappa shape index (κ2) is 6.37. The van der Waals surface area contributed by atoms with Crippen LogP contribution in [-0.2, 0) is 0 Å². The van der Waals surface area contributed by atoms with Gasteiger partial charge in [-0.2, -0.15) is 0 Å². The lowest BCUT2D eigenvalue weighted by atomic mass is 9.97. The molecule has 0 saturated heterocycles. The Bertz CT molecular complexity index is 310. The van der Waals surface area contributed by atoms with Gasteiger partial charge < -0.3 is 5.73 Å². The maximum Gasteiger partial charge on any atom is 0.0435 e. The van der Waals surface area contributed by atoms with Gasteiger partial charge in [0.2, 0.25) is 0 Å². The molecule has 1 atom stereocenters. The molecule has 0 aromatic heterocycles. The summed E-state index contributed by atoms with van der Waals surface area (Å²) < 4.78 is 0. The van der Waals surface area contributed by atoms with Gasteiger partial charge in [-0.05, 0) is 36.5 Å². The first-order valence-electron chi connectivity index (χ1n) is 5.02. The second-order valence-corrected chi connectivity index (χ2v) is 4.65. The molecule has 0 aliphatic rings. The Kier molecular flexibility index (Phi) is 6.26. The van der Waals surface area contributed by atoms with Crippen molar-refractivity contribution in [3.8, 4) is 0 Å². The van der Waals surface area contributed by atoms with Crippen LogP contribution in [0, 0.1) is 12.8 Å². The molecule has 0 amide bonds. The molecule has 86 valence electrons. The first-order valence-corrected chi connectivity index (χ1v) is 5.40. The molecule has 0 spiro atoms. The normalized spacial score (nSPS) is 12.4. The molecule has 15 heavy (non-hydrogen) atoms. The quantitative estimate of drug-likeness (QED) is 0.855. The van der Waals surface area contributed by atoms with E-state index in [1.165, 1.54) is 5.56 Å². The Morgan fingerprint density at radius 2 is 1.93 bits per heavy atom. The van der Waals surface area contributed by atoms with Crippen LogP contribution in [0.1, 0.15) is 37.4 Å². The van der Waals surface area contributed by atoms with Gasteiger partial charge in [-0.1, -0.05) is 37.6 Å². The van der Waals surface area contributed by atoms with E-state index >= 15 is 0 Å². The number of nitrogens with two attached hydrogens (primary N) is 1. The van der Waals surface area contributed by atoms with Crippen molar-refractivity contribution in [2.75, 3.05) is 0 Å². The first-order chi connectivity index (χ1) is 6.50. The van der Waals surface area contributed by atoms with Crippen LogP contribution in [0.4, 0.5) is 0 Å². The van der Waals surface area contributed by atoms with Crippen molar-refractivity contribution in [3.05, 3.63) is 34.3 Å². The van der Waals surface area contributed by atoms with Crippen molar-refractivity contribution in [3.63, 3.8) is 0 Å². The van der Waals surface area contributed by atoms with Gasteiger partial charge >= 0.3 is 0 Å². The molecule has 1 nitrogen and oxygen atoms in total. The molecular formula is C12H19Cl2N. The third-order valence-electron chi connectivity index (χ3n) is 2.34. The van der Waals surface area contributed by atoms with Crippen molar-refractivity contribution in [2.24, 2.45) is 11.7 Å². The molecule has 3 heteroatoms. The van der Waals surface area contributed by atoms with Crippen LogP contribution in [-0.4, -0.2) is 0 Å². The Morgan fingerprint density at radius 3 is 2.40 bits per heavy atom. The van der Waals surface area contributed by atoms with Crippen LogP contribution in [0.2, 0.25) is 5.02 Å². The highest BCUT2D eigenvalue weighted by molar-refractivity contribution is 6.31. The van der Waals surface area contributed by atoms with E-state index in [2.05, 4.69) is 19.9 Å². The molecule has 0 aliphatic heterocycles. The summed E-state index contributed by atoms with van der Waals surface area (Å²) in [7, 11) is 0. The monoisotopic (exact) mass is 247 g/mol. The fourth-order valence-corrected chi connectivity index (χ4v) is 1.66. The number of aryl methyl sites for hydroxylation is 1. The zero-order valence-electron chi connectivity index (χ0n) is 9.46. The van der Waals surface area contributed by atoms with Crippen LogP contribution in [0.3, 0.4) is 0 Å². The molecule has 0 aliphatic carbocycles. The van der Waals surface area contributed by atoms with E-state index in [1.807, 2.05) is 19.1 Å². The van der Waals surface area contributed by atoms with Crippen molar-refractivity contribution < 1.29 is 0 Å². The molecule has 0 bridgehead atoms. The predicted molar refractivity (Wildman–Crippen MR) is 69.8 cm³/mol. The lowest BCUT2D eigenvalue weighted by Crippen LogP contribution is -2.12. The van der Waals surface area contributed by atoms with E-state index in [0.29, 0.717) is 5.92 Å². The van der Waals surface area contributed by atoms with Gasteiger partial charge in [-0.15, -0.1) is 12.4 Å². The highest BCUT2D eigenvalue weighted by atomic mass is 35.5. The van der Waals surface area contributed by atoms with Gasteiger partial charge in [0.1, 0.15) is 0 Å². The van der Waals surface area contributed by atoms with Gasteiger partial charge in [-0.25, -0.2) is 0 Å². The third kappa shape index (κ3) is 4.42. The second-order valence-electron chi connectivity index (χ2n) is 4.24. The van der Waals surface area contributed by atoms with Crippen LogP contribution in [0.5, 0.6) is 0 Å². The summed E-state index contributed by atoms with van der Waals surface area (Å²) in [6.07, 6.45) is 1.01. The van der Waals surface area contributed by atoms with Crippen molar-refractivity contribution in [2.45, 2.75) is 33.2 Å². The molecule has 1 aromatic rings. The standard InChI is InChI=1S/C12H18ClN.ClH/c1-8(2)6-12(14)10-4-5-11(13)9(3)7-10;/h4-5,7-8,12H,6,14H2,1-3H3;1H/t12-;/m0./s1. The summed E-state index contributed by atoms with van der Waals surface area (Å²) in [4.78, 5) is 0. The Labute approximate surface area is 103 Å². The van der Waals surface area contributed by atoms with Gasteiger partial charge in [0.05, 0.1) is 0 Å². The third-order valence-corrected chi connectivity index (χ3v) is 2.76. The van der Waals surface area contributed by atoms with Gasteiger partial charge in [0, 0.05) is 11.1 Å². The Morgan fingerprint density at radius 1 is 1.33 bits per heavy atom. The molecule has 0 radical (unpaired) electrons. The Balaban J connectivity index is 0.00000196. The first kappa shape index (κ1) is 14.8. The fourth-order valence-electron chi connectivity index (χ4n) is 1.54.